The van der Waals surface area contributed by atoms with E-state index in [0.717, 1.165) is 24.4 Å². The average Bonchev–Trinajstić information content (AvgIpc) is 2.49. The van der Waals surface area contributed by atoms with Crippen LogP contribution in [0.3, 0.4) is 0 Å². The van der Waals surface area contributed by atoms with Crippen molar-refractivity contribution in [1.82, 2.24) is 4.90 Å². The third kappa shape index (κ3) is 5.93. The maximum absolute atomic E-state index is 10.4. The van der Waals surface area contributed by atoms with Crippen LogP contribution < -0.4 is 4.74 Å². The molecule has 3 heteroatoms. The van der Waals surface area contributed by atoms with Crippen molar-refractivity contribution in [1.29, 1.82) is 0 Å². The summed E-state index contributed by atoms with van der Waals surface area (Å²) in [5.41, 5.74) is 0.933. The zero-order valence-electron chi connectivity index (χ0n) is 13.1. The number of rotatable bonds is 10. The molecule has 1 rings (SSSR count). The van der Waals surface area contributed by atoms with Crippen LogP contribution in [0.2, 0.25) is 0 Å². The minimum atomic E-state index is -0.446. The van der Waals surface area contributed by atoms with Crippen LogP contribution in [0.5, 0.6) is 5.75 Å². The Kier molecular flexibility index (Phi) is 8.31. The van der Waals surface area contributed by atoms with Crippen molar-refractivity contribution in [3.05, 3.63) is 29.8 Å². The summed E-state index contributed by atoms with van der Waals surface area (Å²) in [4.78, 5) is 2.37. The Morgan fingerprint density at radius 2 is 1.80 bits per heavy atom. The van der Waals surface area contributed by atoms with Gasteiger partial charge in [0.25, 0.3) is 0 Å². The van der Waals surface area contributed by atoms with Crippen LogP contribution in [0.15, 0.2) is 24.3 Å². The minimum absolute atomic E-state index is 0.446. The van der Waals surface area contributed by atoms with Crippen LogP contribution in [0.25, 0.3) is 0 Å². The lowest BCUT2D eigenvalue weighted by atomic mass is 10.1. The van der Waals surface area contributed by atoms with Crippen LogP contribution in [0.4, 0.5) is 0 Å². The Labute approximate surface area is 123 Å². The van der Waals surface area contributed by atoms with E-state index in [0.29, 0.717) is 6.54 Å². The van der Waals surface area contributed by atoms with Gasteiger partial charge in [0.2, 0.25) is 0 Å². The second-order valence-corrected chi connectivity index (χ2v) is 5.30. The van der Waals surface area contributed by atoms with Gasteiger partial charge in [0.05, 0.1) is 13.2 Å². The normalized spacial score (nSPS) is 12.7. The summed E-state index contributed by atoms with van der Waals surface area (Å²) in [7, 11) is 1.65. The number of hydrogen-bond donors (Lipinski definition) is 1. The number of unbranched alkanes of at least 4 members (excludes halogenated alkanes) is 2. The van der Waals surface area contributed by atoms with Crippen molar-refractivity contribution in [2.75, 3.05) is 26.7 Å². The molecular weight excluding hydrogens is 250 g/mol. The molecule has 0 radical (unpaired) electrons. The molecular formula is C17H29NO2. The number of ether oxygens (including phenoxy) is 1. The van der Waals surface area contributed by atoms with E-state index >= 15 is 0 Å². The molecule has 0 aromatic heterocycles. The molecule has 114 valence electrons. The molecule has 0 saturated heterocycles. The predicted octanol–water partition coefficient (Wildman–Crippen LogP) is 3.63. The zero-order valence-corrected chi connectivity index (χ0v) is 13.1. The highest BCUT2D eigenvalue weighted by atomic mass is 16.5. The third-order valence-corrected chi connectivity index (χ3v) is 3.57. The van der Waals surface area contributed by atoms with E-state index < -0.39 is 6.10 Å². The topological polar surface area (TPSA) is 32.7 Å². The van der Waals surface area contributed by atoms with Gasteiger partial charge in [0.1, 0.15) is 5.75 Å². The van der Waals surface area contributed by atoms with Crippen molar-refractivity contribution >= 4 is 0 Å². The lowest BCUT2D eigenvalue weighted by Gasteiger charge is -2.25. The molecule has 0 aliphatic rings. The van der Waals surface area contributed by atoms with E-state index in [9.17, 15) is 5.11 Å². The molecule has 0 spiro atoms. The summed E-state index contributed by atoms with van der Waals surface area (Å²) in [6.45, 7) is 7.25. The average molecular weight is 279 g/mol. The van der Waals surface area contributed by atoms with Crippen LogP contribution in [0.1, 0.15) is 51.2 Å². The van der Waals surface area contributed by atoms with Crippen LogP contribution in [0, 0.1) is 0 Å². The van der Waals surface area contributed by atoms with Crippen molar-refractivity contribution in [2.24, 2.45) is 0 Å². The highest BCUT2D eigenvalue weighted by Crippen LogP contribution is 2.20. The van der Waals surface area contributed by atoms with E-state index in [1.165, 1.54) is 25.7 Å². The summed E-state index contributed by atoms with van der Waals surface area (Å²) >= 11 is 0. The molecule has 20 heavy (non-hydrogen) atoms. The fourth-order valence-electron chi connectivity index (χ4n) is 2.26. The first-order valence-electron chi connectivity index (χ1n) is 7.75. The van der Waals surface area contributed by atoms with Crippen molar-refractivity contribution in [3.63, 3.8) is 0 Å². The fourth-order valence-corrected chi connectivity index (χ4v) is 2.26. The number of methoxy groups -OCH3 is 1. The number of aliphatic hydroxyl groups excluding tert-OH is 1. The second kappa shape index (κ2) is 9.78. The van der Waals surface area contributed by atoms with Crippen molar-refractivity contribution in [3.8, 4) is 5.75 Å². The molecule has 1 aromatic carbocycles. The second-order valence-electron chi connectivity index (χ2n) is 5.30. The highest BCUT2D eigenvalue weighted by molar-refractivity contribution is 5.29. The Morgan fingerprint density at radius 1 is 1.15 bits per heavy atom. The van der Waals surface area contributed by atoms with Gasteiger partial charge in [-0.1, -0.05) is 38.8 Å². The van der Waals surface area contributed by atoms with Crippen LogP contribution >= 0.6 is 0 Å². The fraction of sp³-hybridized carbons (Fsp3) is 0.647. The van der Waals surface area contributed by atoms with Gasteiger partial charge in [-0.3, -0.25) is 0 Å². The lowest BCUT2D eigenvalue weighted by Crippen LogP contribution is -2.30. The maximum Gasteiger partial charge on any atom is 0.119 e. The summed E-state index contributed by atoms with van der Waals surface area (Å²) in [6.07, 6.45) is 4.32. The Bertz CT molecular complexity index is 360. The minimum Gasteiger partial charge on any atom is -0.497 e. The van der Waals surface area contributed by atoms with E-state index in [1.807, 2.05) is 24.3 Å². The molecule has 3 nitrogen and oxygen atoms in total. The molecule has 1 N–H and O–H groups in total. The Balaban J connectivity index is 2.60. The third-order valence-electron chi connectivity index (χ3n) is 3.57. The summed E-state index contributed by atoms with van der Waals surface area (Å²) in [6, 6.07) is 7.72. The number of hydrogen-bond acceptors (Lipinski definition) is 3. The van der Waals surface area contributed by atoms with Crippen molar-refractivity contribution in [2.45, 2.75) is 45.6 Å². The van der Waals surface area contributed by atoms with Gasteiger partial charge in [-0.15, -0.1) is 0 Å². The van der Waals surface area contributed by atoms with E-state index in [4.69, 9.17) is 4.74 Å². The predicted molar refractivity (Wildman–Crippen MR) is 84.2 cm³/mol. The molecule has 0 amide bonds. The molecule has 1 aromatic rings. The monoisotopic (exact) mass is 279 g/mol. The smallest absolute Gasteiger partial charge is 0.119 e. The quantitative estimate of drug-likeness (QED) is 0.710. The first kappa shape index (κ1) is 17.0. The SMILES string of the molecule is CCCCN(CCCC)CC(O)c1cccc(OC)c1. The summed E-state index contributed by atoms with van der Waals surface area (Å²) in [5.74, 6) is 0.801. The molecule has 0 bridgehead atoms. The van der Waals surface area contributed by atoms with Gasteiger partial charge in [-0.05, 0) is 43.6 Å². The number of nitrogens with zero attached hydrogens (tertiary/aromatic N) is 1. The number of aliphatic hydroxyl groups is 1. The molecule has 0 fully saturated rings. The van der Waals surface area contributed by atoms with Gasteiger partial charge in [0, 0.05) is 6.54 Å². The first-order chi connectivity index (χ1) is 9.71. The first-order valence-corrected chi connectivity index (χ1v) is 7.75. The Morgan fingerprint density at radius 3 is 2.35 bits per heavy atom. The zero-order chi connectivity index (χ0) is 14.8. The van der Waals surface area contributed by atoms with Crippen LogP contribution in [-0.4, -0.2) is 36.8 Å². The van der Waals surface area contributed by atoms with Gasteiger partial charge in [0.15, 0.2) is 0 Å². The summed E-state index contributed by atoms with van der Waals surface area (Å²) in [5, 5.41) is 10.4. The molecule has 0 saturated carbocycles. The maximum atomic E-state index is 10.4. The molecule has 1 atom stereocenters. The van der Waals surface area contributed by atoms with E-state index in [2.05, 4.69) is 18.7 Å². The Hall–Kier alpha value is -1.06. The van der Waals surface area contributed by atoms with Gasteiger partial charge in [-0.2, -0.15) is 0 Å². The van der Waals surface area contributed by atoms with Gasteiger partial charge < -0.3 is 14.7 Å². The largest absolute Gasteiger partial charge is 0.497 e. The van der Waals surface area contributed by atoms with Gasteiger partial charge >= 0.3 is 0 Å². The standard InChI is InChI=1S/C17H29NO2/c1-4-6-11-18(12-7-5-2)14-17(19)15-9-8-10-16(13-15)20-3/h8-10,13,17,19H,4-7,11-12,14H2,1-3H3. The van der Waals surface area contributed by atoms with Gasteiger partial charge in [-0.25, -0.2) is 0 Å². The summed E-state index contributed by atoms with van der Waals surface area (Å²) < 4.78 is 5.22. The van der Waals surface area contributed by atoms with E-state index in [-0.39, 0.29) is 0 Å². The molecule has 0 heterocycles. The molecule has 0 aliphatic carbocycles. The molecule has 1 unspecified atom stereocenters. The van der Waals surface area contributed by atoms with E-state index in [1.54, 1.807) is 7.11 Å². The highest BCUT2D eigenvalue weighted by Gasteiger charge is 2.13. The number of benzene rings is 1. The lowest BCUT2D eigenvalue weighted by molar-refractivity contribution is 0.111. The van der Waals surface area contributed by atoms with Crippen molar-refractivity contribution < 1.29 is 9.84 Å². The molecule has 0 aliphatic heterocycles. The van der Waals surface area contributed by atoms with Crippen LogP contribution in [-0.2, 0) is 0 Å².